The SMILES string of the molecule is Cl.Cl.O=c1[nH]c(CSC2CCNCC2)nc2cc(NCCN3CCOCC3)cc(F)c12. The second-order valence-corrected chi connectivity index (χ2v) is 8.79. The Kier molecular flexibility index (Phi) is 10.8. The van der Waals surface area contributed by atoms with Gasteiger partial charge in [0.05, 0.1) is 24.5 Å². The van der Waals surface area contributed by atoms with E-state index in [4.69, 9.17) is 4.74 Å². The van der Waals surface area contributed by atoms with Gasteiger partial charge in [0.2, 0.25) is 0 Å². The Hall–Kier alpha value is -1.10. The molecule has 0 radical (unpaired) electrons. The molecule has 0 atom stereocenters. The number of H-pyrrole nitrogens is 1. The number of piperidine rings is 1. The fraction of sp³-hybridized carbons (Fsp3) is 0.600. The standard InChI is InChI=1S/C20H28FN5O2S.2ClH/c21-16-11-14(23-5-6-26-7-9-28-10-8-26)12-17-19(16)20(27)25-18(24-17)13-29-15-1-3-22-4-2-15;;/h11-12,15,22-23H,1-10,13H2,(H,24,25,27);2*1H. The average molecular weight is 494 g/mol. The number of nitrogens with one attached hydrogen (secondary N) is 3. The Balaban J connectivity index is 0.00000171. The molecule has 0 spiro atoms. The fourth-order valence-electron chi connectivity index (χ4n) is 3.78. The molecule has 1 aromatic heterocycles. The number of aromatic nitrogens is 2. The van der Waals surface area contributed by atoms with Crippen LogP contribution in [0.2, 0.25) is 0 Å². The summed E-state index contributed by atoms with van der Waals surface area (Å²) in [4.78, 5) is 22.0. The molecule has 3 heterocycles. The summed E-state index contributed by atoms with van der Waals surface area (Å²) in [7, 11) is 0. The van der Waals surface area contributed by atoms with E-state index < -0.39 is 11.4 Å². The van der Waals surface area contributed by atoms with E-state index in [1.165, 1.54) is 6.07 Å². The molecule has 4 rings (SSSR count). The van der Waals surface area contributed by atoms with Crippen LogP contribution in [-0.4, -0.2) is 72.6 Å². The van der Waals surface area contributed by atoms with Crippen molar-refractivity contribution in [2.24, 2.45) is 0 Å². The van der Waals surface area contributed by atoms with Crippen molar-refractivity contribution in [1.82, 2.24) is 20.2 Å². The quantitative estimate of drug-likeness (QED) is 0.546. The molecule has 11 heteroatoms. The summed E-state index contributed by atoms with van der Waals surface area (Å²) in [5, 5.41) is 7.21. The first-order valence-electron chi connectivity index (χ1n) is 10.3. The van der Waals surface area contributed by atoms with Crippen molar-refractivity contribution in [1.29, 1.82) is 0 Å². The van der Waals surface area contributed by atoms with E-state index >= 15 is 0 Å². The van der Waals surface area contributed by atoms with Gasteiger partial charge in [0.25, 0.3) is 5.56 Å². The maximum atomic E-state index is 14.6. The number of aromatic amines is 1. The molecule has 0 bridgehead atoms. The van der Waals surface area contributed by atoms with Crippen LogP contribution in [0.25, 0.3) is 10.9 Å². The summed E-state index contributed by atoms with van der Waals surface area (Å²) in [6, 6.07) is 3.15. The van der Waals surface area contributed by atoms with Gasteiger partial charge in [0, 0.05) is 37.1 Å². The molecule has 2 fully saturated rings. The van der Waals surface area contributed by atoms with Crippen LogP contribution in [0.15, 0.2) is 16.9 Å². The number of halogens is 3. The number of hydrogen-bond donors (Lipinski definition) is 3. The highest BCUT2D eigenvalue weighted by Crippen LogP contribution is 2.24. The van der Waals surface area contributed by atoms with Gasteiger partial charge < -0.3 is 20.4 Å². The second-order valence-electron chi connectivity index (χ2n) is 7.51. The Labute approximate surface area is 198 Å². The number of benzene rings is 1. The Morgan fingerprint density at radius 1 is 1.23 bits per heavy atom. The van der Waals surface area contributed by atoms with Gasteiger partial charge in [-0.3, -0.25) is 9.69 Å². The molecular formula is C20H30Cl2FN5O2S. The van der Waals surface area contributed by atoms with Gasteiger partial charge in [-0.05, 0) is 38.1 Å². The first-order chi connectivity index (χ1) is 14.2. The topological polar surface area (TPSA) is 82.3 Å². The lowest BCUT2D eigenvalue weighted by atomic mass is 10.2. The number of thioether (sulfide) groups is 1. The second kappa shape index (κ2) is 12.8. The van der Waals surface area contributed by atoms with Gasteiger partial charge in [-0.1, -0.05) is 0 Å². The molecule has 0 unspecified atom stereocenters. The largest absolute Gasteiger partial charge is 0.384 e. The minimum Gasteiger partial charge on any atom is -0.384 e. The van der Waals surface area contributed by atoms with Gasteiger partial charge in [0.1, 0.15) is 17.0 Å². The molecule has 2 aliphatic rings. The molecular weight excluding hydrogens is 464 g/mol. The van der Waals surface area contributed by atoms with Crippen molar-refractivity contribution in [3.05, 3.63) is 34.1 Å². The van der Waals surface area contributed by atoms with E-state index in [1.54, 1.807) is 6.07 Å². The molecule has 174 valence electrons. The first kappa shape index (κ1) is 26.2. The average Bonchev–Trinajstić information content (AvgIpc) is 2.73. The summed E-state index contributed by atoms with van der Waals surface area (Å²) in [6.45, 7) is 6.99. The third-order valence-corrected chi connectivity index (χ3v) is 6.80. The minimum absolute atomic E-state index is 0. The van der Waals surface area contributed by atoms with Gasteiger partial charge >= 0.3 is 0 Å². The lowest BCUT2D eigenvalue weighted by molar-refractivity contribution is 0.0398. The van der Waals surface area contributed by atoms with E-state index in [0.717, 1.165) is 58.8 Å². The first-order valence-corrected chi connectivity index (χ1v) is 11.3. The van der Waals surface area contributed by atoms with Crippen LogP contribution in [-0.2, 0) is 10.5 Å². The molecule has 2 aliphatic heterocycles. The lowest BCUT2D eigenvalue weighted by Crippen LogP contribution is -2.39. The maximum Gasteiger partial charge on any atom is 0.261 e. The summed E-state index contributed by atoms with van der Waals surface area (Å²) in [5.41, 5.74) is 0.648. The Morgan fingerprint density at radius 2 is 1.97 bits per heavy atom. The van der Waals surface area contributed by atoms with E-state index in [-0.39, 0.29) is 30.2 Å². The highest BCUT2D eigenvalue weighted by atomic mass is 35.5. The van der Waals surface area contributed by atoms with Crippen LogP contribution in [0.4, 0.5) is 10.1 Å². The van der Waals surface area contributed by atoms with Gasteiger partial charge in [-0.15, -0.1) is 24.8 Å². The van der Waals surface area contributed by atoms with Crippen LogP contribution >= 0.6 is 36.6 Å². The van der Waals surface area contributed by atoms with Crippen molar-refractivity contribution in [2.45, 2.75) is 23.8 Å². The molecule has 0 saturated carbocycles. The van der Waals surface area contributed by atoms with Crippen LogP contribution in [0.1, 0.15) is 18.7 Å². The van der Waals surface area contributed by atoms with Crippen molar-refractivity contribution < 1.29 is 9.13 Å². The van der Waals surface area contributed by atoms with Crippen molar-refractivity contribution in [2.75, 3.05) is 57.8 Å². The number of morpholine rings is 1. The molecule has 2 aromatic rings. The number of rotatable bonds is 7. The third-order valence-electron chi connectivity index (χ3n) is 5.41. The number of hydrogen-bond acceptors (Lipinski definition) is 7. The molecule has 0 amide bonds. The summed E-state index contributed by atoms with van der Waals surface area (Å²) in [6.07, 6.45) is 2.24. The molecule has 3 N–H and O–H groups in total. The zero-order chi connectivity index (χ0) is 20.1. The van der Waals surface area contributed by atoms with Gasteiger partial charge in [-0.2, -0.15) is 11.8 Å². The number of fused-ring (bicyclic) bond motifs is 1. The maximum absolute atomic E-state index is 14.6. The zero-order valence-corrected chi connectivity index (χ0v) is 19.8. The number of anilines is 1. The molecule has 2 saturated heterocycles. The molecule has 31 heavy (non-hydrogen) atoms. The van der Waals surface area contributed by atoms with Gasteiger partial charge in [0.15, 0.2) is 0 Å². The summed E-state index contributed by atoms with van der Waals surface area (Å²) >= 11 is 1.81. The molecule has 7 nitrogen and oxygen atoms in total. The summed E-state index contributed by atoms with van der Waals surface area (Å²) in [5.74, 6) is 0.699. The fourth-order valence-corrected chi connectivity index (χ4v) is 4.88. The lowest BCUT2D eigenvalue weighted by Gasteiger charge is -2.26. The van der Waals surface area contributed by atoms with Crippen molar-refractivity contribution >= 4 is 53.2 Å². The minimum atomic E-state index is -0.539. The third kappa shape index (κ3) is 7.20. The van der Waals surface area contributed by atoms with E-state index in [2.05, 4.69) is 25.5 Å². The van der Waals surface area contributed by atoms with E-state index in [1.807, 2.05) is 11.8 Å². The highest BCUT2D eigenvalue weighted by molar-refractivity contribution is 7.99. The number of nitrogens with zero attached hydrogens (tertiary/aromatic N) is 2. The summed E-state index contributed by atoms with van der Waals surface area (Å²) < 4.78 is 19.9. The predicted molar refractivity (Wildman–Crippen MR) is 130 cm³/mol. The van der Waals surface area contributed by atoms with Crippen LogP contribution in [0.5, 0.6) is 0 Å². The van der Waals surface area contributed by atoms with Crippen molar-refractivity contribution in [3.8, 4) is 0 Å². The smallest absolute Gasteiger partial charge is 0.261 e. The van der Waals surface area contributed by atoms with Crippen molar-refractivity contribution in [3.63, 3.8) is 0 Å². The van der Waals surface area contributed by atoms with E-state index in [0.29, 0.717) is 34.6 Å². The van der Waals surface area contributed by atoms with Crippen LogP contribution in [0, 0.1) is 5.82 Å². The molecule has 0 aliphatic carbocycles. The van der Waals surface area contributed by atoms with Gasteiger partial charge in [-0.25, -0.2) is 9.37 Å². The predicted octanol–water partition coefficient (Wildman–Crippen LogP) is 2.64. The Bertz CT molecular complexity index is 892. The zero-order valence-electron chi connectivity index (χ0n) is 17.3. The highest BCUT2D eigenvalue weighted by Gasteiger charge is 2.16. The normalized spacial score (nSPS) is 17.7. The Morgan fingerprint density at radius 3 is 2.71 bits per heavy atom. The number of ether oxygens (including phenoxy) is 1. The van der Waals surface area contributed by atoms with Crippen LogP contribution < -0.4 is 16.2 Å². The molecule has 1 aromatic carbocycles. The van der Waals surface area contributed by atoms with E-state index in [9.17, 15) is 9.18 Å². The van der Waals surface area contributed by atoms with Crippen LogP contribution in [0.3, 0.4) is 0 Å². The monoisotopic (exact) mass is 493 g/mol.